The van der Waals surface area contributed by atoms with Crippen LogP contribution < -0.4 is 9.80 Å². The van der Waals surface area contributed by atoms with Gasteiger partial charge in [0.2, 0.25) is 0 Å². The summed E-state index contributed by atoms with van der Waals surface area (Å²) in [6.45, 7) is 3.20. The SMILES string of the molecule is O=C1O[C@@H](Cn2cc(CCCO)nn2)CN1c1ccc(N2CCOCC2)c(F)c1. The first-order valence-electron chi connectivity index (χ1n) is 9.74. The van der Waals surface area contributed by atoms with Crippen LogP contribution in [0.1, 0.15) is 12.1 Å². The summed E-state index contributed by atoms with van der Waals surface area (Å²) in [4.78, 5) is 15.7. The monoisotopic (exact) mass is 405 g/mol. The fourth-order valence-corrected chi connectivity index (χ4v) is 3.56. The molecular weight excluding hydrogens is 381 g/mol. The number of aliphatic hydroxyl groups excluding tert-OH is 1. The minimum absolute atomic E-state index is 0.100. The van der Waals surface area contributed by atoms with Gasteiger partial charge in [0.1, 0.15) is 11.9 Å². The van der Waals surface area contributed by atoms with E-state index in [0.717, 1.165) is 5.69 Å². The maximum Gasteiger partial charge on any atom is 0.414 e. The topological polar surface area (TPSA) is 92.9 Å². The third-order valence-electron chi connectivity index (χ3n) is 5.04. The van der Waals surface area contributed by atoms with Gasteiger partial charge >= 0.3 is 6.09 Å². The Labute approximate surface area is 167 Å². The number of rotatable bonds is 7. The van der Waals surface area contributed by atoms with Gasteiger partial charge in [-0.2, -0.15) is 0 Å². The molecule has 10 heteroatoms. The number of carbonyl (C=O) groups is 1. The van der Waals surface area contributed by atoms with E-state index in [4.69, 9.17) is 14.6 Å². The average molecular weight is 405 g/mol. The molecule has 2 aliphatic rings. The molecule has 1 atom stereocenters. The van der Waals surface area contributed by atoms with E-state index in [1.54, 1.807) is 23.0 Å². The molecule has 3 heterocycles. The van der Waals surface area contributed by atoms with Gasteiger partial charge in [-0.15, -0.1) is 5.10 Å². The van der Waals surface area contributed by atoms with Gasteiger partial charge < -0.3 is 19.5 Å². The minimum Gasteiger partial charge on any atom is -0.442 e. The number of aliphatic hydroxyl groups is 1. The summed E-state index contributed by atoms with van der Waals surface area (Å²) in [5.41, 5.74) is 1.76. The van der Waals surface area contributed by atoms with Crippen molar-refractivity contribution in [3.63, 3.8) is 0 Å². The molecule has 9 nitrogen and oxygen atoms in total. The molecule has 1 N–H and O–H groups in total. The van der Waals surface area contributed by atoms with Gasteiger partial charge in [-0.05, 0) is 31.0 Å². The van der Waals surface area contributed by atoms with Crippen molar-refractivity contribution < 1.29 is 23.8 Å². The van der Waals surface area contributed by atoms with Crippen molar-refractivity contribution in [3.8, 4) is 0 Å². The predicted octanol–water partition coefficient (Wildman–Crippen LogP) is 1.20. The number of cyclic esters (lactones) is 1. The van der Waals surface area contributed by atoms with Gasteiger partial charge in [-0.25, -0.2) is 13.9 Å². The summed E-state index contributed by atoms with van der Waals surface area (Å²) in [6.07, 6.45) is 2.13. The Morgan fingerprint density at radius 3 is 2.86 bits per heavy atom. The summed E-state index contributed by atoms with van der Waals surface area (Å²) in [5.74, 6) is -0.370. The quantitative estimate of drug-likeness (QED) is 0.740. The number of halogens is 1. The Balaban J connectivity index is 1.40. The summed E-state index contributed by atoms with van der Waals surface area (Å²) in [6, 6.07) is 4.80. The van der Waals surface area contributed by atoms with Gasteiger partial charge in [0.05, 0.1) is 43.4 Å². The zero-order valence-electron chi connectivity index (χ0n) is 16.0. The van der Waals surface area contributed by atoms with Gasteiger partial charge in [0, 0.05) is 25.9 Å². The molecule has 0 unspecified atom stereocenters. The maximum absolute atomic E-state index is 14.7. The molecular formula is C19H24FN5O4. The van der Waals surface area contributed by atoms with Crippen LogP contribution in [0.5, 0.6) is 0 Å². The van der Waals surface area contributed by atoms with E-state index < -0.39 is 12.2 Å². The molecule has 1 aromatic carbocycles. The van der Waals surface area contributed by atoms with E-state index in [9.17, 15) is 9.18 Å². The molecule has 29 heavy (non-hydrogen) atoms. The highest BCUT2D eigenvalue weighted by Crippen LogP contribution is 2.28. The van der Waals surface area contributed by atoms with E-state index in [1.165, 1.54) is 11.0 Å². The second-order valence-corrected chi connectivity index (χ2v) is 7.11. The summed E-state index contributed by atoms with van der Waals surface area (Å²) in [7, 11) is 0. The largest absolute Gasteiger partial charge is 0.442 e. The van der Waals surface area contributed by atoms with Crippen LogP contribution in [0.15, 0.2) is 24.4 Å². The number of morpholine rings is 1. The normalized spacial score (nSPS) is 19.7. The molecule has 2 fully saturated rings. The molecule has 0 spiro atoms. The first kappa shape index (κ1) is 19.6. The Bertz CT molecular complexity index is 855. The molecule has 0 saturated carbocycles. The number of anilines is 2. The van der Waals surface area contributed by atoms with Gasteiger partial charge in [0.25, 0.3) is 0 Å². The summed E-state index contributed by atoms with van der Waals surface area (Å²) < 4.78 is 27.0. The molecule has 2 saturated heterocycles. The van der Waals surface area contributed by atoms with E-state index in [2.05, 4.69) is 10.3 Å². The van der Waals surface area contributed by atoms with Crippen molar-refractivity contribution in [2.75, 3.05) is 49.3 Å². The number of amides is 1. The zero-order valence-corrected chi connectivity index (χ0v) is 16.0. The lowest BCUT2D eigenvalue weighted by Gasteiger charge is -2.29. The molecule has 0 bridgehead atoms. The predicted molar refractivity (Wildman–Crippen MR) is 102 cm³/mol. The van der Waals surface area contributed by atoms with Crippen LogP contribution in [0.25, 0.3) is 0 Å². The van der Waals surface area contributed by atoms with Crippen molar-refractivity contribution in [2.45, 2.75) is 25.5 Å². The highest BCUT2D eigenvalue weighted by Gasteiger charge is 2.33. The summed E-state index contributed by atoms with van der Waals surface area (Å²) in [5, 5.41) is 17.0. The van der Waals surface area contributed by atoms with Crippen LogP contribution in [0.2, 0.25) is 0 Å². The number of benzene rings is 1. The second-order valence-electron chi connectivity index (χ2n) is 7.11. The smallest absolute Gasteiger partial charge is 0.414 e. The van der Waals surface area contributed by atoms with Crippen molar-refractivity contribution in [1.29, 1.82) is 0 Å². The van der Waals surface area contributed by atoms with Crippen LogP contribution in [-0.4, -0.2) is 71.8 Å². The number of carbonyl (C=O) groups excluding carboxylic acids is 1. The standard InChI is InChI=1S/C19H24FN5O4/c20-17-10-15(3-4-18(17)23-5-8-28-9-6-23)25-13-16(29-19(25)27)12-24-11-14(21-22-24)2-1-7-26/h3-4,10-11,16,26H,1-2,5-9,12-13H2/t16-/m0/s1. The number of hydrogen-bond donors (Lipinski definition) is 1. The van der Waals surface area contributed by atoms with E-state index in [-0.39, 0.29) is 12.4 Å². The highest BCUT2D eigenvalue weighted by atomic mass is 19.1. The van der Waals surface area contributed by atoms with Crippen LogP contribution >= 0.6 is 0 Å². The Morgan fingerprint density at radius 2 is 2.10 bits per heavy atom. The van der Waals surface area contributed by atoms with E-state index >= 15 is 0 Å². The Kier molecular flexibility index (Phi) is 5.91. The van der Waals surface area contributed by atoms with Crippen molar-refractivity contribution >= 4 is 17.5 Å². The maximum atomic E-state index is 14.7. The number of hydrogen-bond acceptors (Lipinski definition) is 7. The number of ether oxygens (including phenoxy) is 2. The fraction of sp³-hybridized carbons (Fsp3) is 0.526. The lowest BCUT2D eigenvalue weighted by Crippen LogP contribution is -2.36. The summed E-state index contributed by atoms with van der Waals surface area (Å²) >= 11 is 0. The molecule has 1 amide bonds. The fourth-order valence-electron chi connectivity index (χ4n) is 3.56. The van der Waals surface area contributed by atoms with Crippen molar-refractivity contribution in [2.24, 2.45) is 0 Å². The minimum atomic E-state index is -0.505. The third kappa shape index (κ3) is 4.48. The Morgan fingerprint density at radius 1 is 1.28 bits per heavy atom. The van der Waals surface area contributed by atoms with Gasteiger partial charge in [-0.1, -0.05) is 5.21 Å². The molecule has 2 aromatic rings. The lowest BCUT2D eigenvalue weighted by atomic mass is 10.2. The van der Waals surface area contributed by atoms with Gasteiger partial charge in [-0.3, -0.25) is 4.90 Å². The van der Waals surface area contributed by atoms with Crippen LogP contribution in [-0.2, 0) is 22.4 Å². The average Bonchev–Trinajstić information content (AvgIpc) is 3.33. The third-order valence-corrected chi connectivity index (χ3v) is 5.04. The second kappa shape index (κ2) is 8.75. The number of aromatic nitrogens is 3. The number of nitrogens with zero attached hydrogens (tertiary/aromatic N) is 5. The van der Waals surface area contributed by atoms with Crippen LogP contribution in [0.4, 0.5) is 20.6 Å². The molecule has 1 aromatic heterocycles. The molecule has 0 radical (unpaired) electrons. The van der Waals surface area contributed by atoms with Gasteiger partial charge in [0.15, 0.2) is 0 Å². The first-order chi connectivity index (χ1) is 14.1. The van der Waals surface area contributed by atoms with Crippen molar-refractivity contribution in [3.05, 3.63) is 35.9 Å². The first-order valence-corrected chi connectivity index (χ1v) is 9.74. The molecule has 4 rings (SSSR count). The molecule has 156 valence electrons. The van der Waals surface area contributed by atoms with Crippen LogP contribution in [0, 0.1) is 5.82 Å². The Hall–Kier alpha value is -2.72. The lowest BCUT2D eigenvalue weighted by molar-refractivity contribution is 0.122. The van der Waals surface area contributed by atoms with Crippen molar-refractivity contribution in [1.82, 2.24) is 15.0 Å². The number of aryl methyl sites for hydroxylation is 1. The van der Waals surface area contributed by atoms with Crippen LogP contribution in [0.3, 0.4) is 0 Å². The highest BCUT2D eigenvalue weighted by molar-refractivity contribution is 5.90. The van der Waals surface area contributed by atoms with E-state index in [0.29, 0.717) is 63.6 Å². The molecule has 0 aliphatic carbocycles. The molecule has 2 aliphatic heterocycles. The van der Waals surface area contributed by atoms with E-state index in [1.807, 2.05) is 4.90 Å². The zero-order chi connectivity index (χ0) is 20.2.